The van der Waals surface area contributed by atoms with E-state index < -0.39 is 0 Å². The van der Waals surface area contributed by atoms with Gasteiger partial charge in [-0.15, -0.1) is 0 Å². The second kappa shape index (κ2) is 7.82. The molecule has 100 valence electrons. The summed E-state index contributed by atoms with van der Waals surface area (Å²) in [5.41, 5.74) is 5.84. The van der Waals surface area contributed by atoms with Crippen LogP contribution in [-0.2, 0) is 0 Å². The zero-order chi connectivity index (χ0) is 12.6. The first kappa shape index (κ1) is 14.6. The molecule has 0 radical (unpaired) electrons. The molecule has 0 spiro atoms. The number of oxime groups is 1. The van der Waals surface area contributed by atoms with Gasteiger partial charge in [-0.25, -0.2) is 0 Å². The van der Waals surface area contributed by atoms with Crippen molar-refractivity contribution in [3.8, 4) is 0 Å². The Labute approximate surface area is 108 Å². The highest BCUT2D eigenvalue weighted by Crippen LogP contribution is 2.48. The molecular weight excluding hydrogens is 234 g/mol. The predicted molar refractivity (Wildman–Crippen MR) is 74.8 cm³/mol. The van der Waals surface area contributed by atoms with Gasteiger partial charge in [0.1, 0.15) is 5.84 Å². The van der Waals surface area contributed by atoms with E-state index in [2.05, 4.69) is 16.7 Å². The lowest BCUT2D eigenvalue weighted by molar-refractivity contribution is 0.314. The van der Waals surface area contributed by atoms with Crippen LogP contribution in [-0.4, -0.2) is 36.1 Å². The van der Waals surface area contributed by atoms with E-state index in [-0.39, 0.29) is 5.41 Å². The molecule has 0 aromatic carbocycles. The molecule has 1 rings (SSSR count). The average molecular weight is 259 g/mol. The van der Waals surface area contributed by atoms with E-state index >= 15 is 0 Å². The Hall–Kier alpha value is -0.420. The molecule has 17 heavy (non-hydrogen) atoms. The lowest BCUT2D eigenvalue weighted by atomic mass is 10.0. The lowest BCUT2D eigenvalue weighted by Crippen LogP contribution is -2.29. The van der Waals surface area contributed by atoms with Gasteiger partial charge in [0, 0.05) is 13.0 Å². The summed E-state index contributed by atoms with van der Waals surface area (Å²) in [5.74, 6) is 1.64. The number of amidine groups is 1. The Kier molecular flexibility index (Phi) is 6.73. The summed E-state index contributed by atoms with van der Waals surface area (Å²) in [6.07, 6.45) is 9.15. The van der Waals surface area contributed by atoms with Crippen LogP contribution in [0.4, 0.5) is 0 Å². The van der Waals surface area contributed by atoms with Gasteiger partial charge in [0.25, 0.3) is 0 Å². The summed E-state index contributed by atoms with van der Waals surface area (Å²) in [6.45, 7) is 2.10. The zero-order valence-electron chi connectivity index (χ0n) is 10.7. The van der Waals surface area contributed by atoms with E-state index in [9.17, 15) is 0 Å². The molecule has 0 atom stereocenters. The van der Waals surface area contributed by atoms with Gasteiger partial charge in [0.2, 0.25) is 0 Å². The molecule has 1 aliphatic carbocycles. The zero-order valence-corrected chi connectivity index (χ0v) is 11.6. The van der Waals surface area contributed by atoms with Gasteiger partial charge < -0.3 is 16.3 Å². The van der Waals surface area contributed by atoms with Gasteiger partial charge in [-0.3, -0.25) is 0 Å². The van der Waals surface area contributed by atoms with Crippen LogP contribution in [0.5, 0.6) is 0 Å². The second-order valence-corrected chi connectivity index (χ2v) is 5.98. The average Bonchev–Trinajstić information content (AvgIpc) is 3.08. The molecule has 1 fully saturated rings. The van der Waals surface area contributed by atoms with Crippen LogP contribution in [0.3, 0.4) is 0 Å². The highest BCUT2D eigenvalue weighted by atomic mass is 32.2. The van der Waals surface area contributed by atoms with Gasteiger partial charge in [0.15, 0.2) is 0 Å². The normalized spacial score (nSPS) is 18.3. The van der Waals surface area contributed by atoms with E-state index in [1.165, 1.54) is 37.9 Å². The Morgan fingerprint density at radius 1 is 1.41 bits per heavy atom. The monoisotopic (exact) mass is 259 g/mol. The largest absolute Gasteiger partial charge is 0.409 e. The number of nitrogens with two attached hydrogens (primary N) is 1. The summed E-state index contributed by atoms with van der Waals surface area (Å²) in [4.78, 5) is 0. The van der Waals surface area contributed by atoms with E-state index in [0.29, 0.717) is 5.84 Å². The van der Waals surface area contributed by atoms with E-state index in [0.717, 1.165) is 19.5 Å². The topological polar surface area (TPSA) is 70.6 Å². The smallest absolute Gasteiger partial charge is 0.139 e. The third kappa shape index (κ3) is 6.17. The second-order valence-electron chi connectivity index (χ2n) is 5.00. The third-order valence-electron chi connectivity index (χ3n) is 3.34. The van der Waals surface area contributed by atoms with Crippen molar-refractivity contribution in [1.29, 1.82) is 0 Å². The highest BCUT2D eigenvalue weighted by molar-refractivity contribution is 7.98. The SMILES string of the molecule is CSCCCCCNCC1(CC(N)=NO)CC1. The number of unbranched alkanes of at least 4 members (excludes halogenated alkanes) is 2. The van der Waals surface area contributed by atoms with Crippen molar-refractivity contribution in [2.45, 2.75) is 38.5 Å². The van der Waals surface area contributed by atoms with Crippen molar-refractivity contribution in [3.63, 3.8) is 0 Å². The van der Waals surface area contributed by atoms with Crippen molar-refractivity contribution in [2.24, 2.45) is 16.3 Å². The summed E-state index contributed by atoms with van der Waals surface area (Å²) in [7, 11) is 0. The molecule has 1 aliphatic rings. The quantitative estimate of drug-likeness (QED) is 0.185. The van der Waals surface area contributed by atoms with Gasteiger partial charge in [0.05, 0.1) is 0 Å². The minimum Gasteiger partial charge on any atom is -0.409 e. The maximum absolute atomic E-state index is 8.56. The molecule has 0 bridgehead atoms. The molecule has 0 heterocycles. The minimum absolute atomic E-state index is 0.287. The van der Waals surface area contributed by atoms with Crippen molar-refractivity contribution in [3.05, 3.63) is 0 Å². The maximum Gasteiger partial charge on any atom is 0.139 e. The molecule has 0 amide bonds. The molecular formula is C12H25N3OS. The fraction of sp³-hybridized carbons (Fsp3) is 0.917. The first-order valence-corrected chi connectivity index (χ1v) is 7.78. The Balaban J connectivity index is 1.99. The van der Waals surface area contributed by atoms with Crippen molar-refractivity contribution < 1.29 is 5.21 Å². The maximum atomic E-state index is 8.56. The van der Waals surface area contributed by atoms with Crippen molar-refractivity contribution >= 4 is 17.6 Å². The Bertz CT molecular complexity index is 242. The van der Waals surface area contributed by atoms with E-state index in [1.807, 2.05) is 11.8 Å². The number of hydrogen-bond donors (Lipinski definition) is 3. The summed E-state index contributed by atoms with van der Waals surface area (Å²) in [6, 6.07) is 0. The van der Waals surface area contributed by atoms with Gasteiger partial charge in [-0.1, -0.05) is 11.6 Å². The summed E-state index contributed by atoms with van der Waals surface area (Å²) < 4.78 is 0. The number of nitrogens with zero attached hydrogens (tertiary/aromatic N) is 1. The fourth-order valence-electron chi connectivity index (χ4n) is 2.04. The number of hydrogen-bond acceptors (Lipinski definition) is 4. The summed E-state index contributed by atoms with van der Waals surface area (Å²) >= 11 is 1.92. The standard InChI is InChI=1S/C12H25N3OS/c1-17-8-4-2-3-7-14-10-12(5-6-12)9-11(13)15-16/h14,16H,2-10H2,1H3,(H2,13,15). The Morgan fingerprint density at radius 2 is 2.18 bits per heavy atom. The molecule has 0 aromatic heterocycles. The van der Waals surface area contributed by atoms with Crippen LogP contribution >= 0.6 is 11.8 Å². The number of rotatable bonds is 10. The van der Waals surface area contributed by atoms with Crippen LogP contribution in [0.25, 0.3) is 0 Å². The van der Waals surface area contributed by atoms with Crippen LogP contribution < -0.4 is 11.1 Å². The van der Waals surface area contributed by atoms with Gasteiger partial charge >= 0.3 is 0 Å². The molecule has 0 aliphatic heterocycles. The van der Waals surface area contributed by atoms with Crippen LogP contribution in [0, 0.1) is 5.41 Å². The first-order valence-electron chi connectivity index (χ1n) is 6.38. The third-order valence-corrected chi connectivity index (χ3v) is 4.04. The lowest BCUT2D eigenvalue weighted by Gasteiger charge is -2.14. The molecule has 5 heteroatoms. The minimum atomic E-state index is 0.287. The fourth-order valence-corrected chi connectivity index (χ4v) is 2.53. The summed E-state index contributed by atoms with van der Waals surface area (Å²) in [5, 5.41) is 15.1. The van der Waals surface area contributed by atoms with Crippen LogP contribution in [0.1, 0.15) is 38.5 Å². The van der Waals surface area contributed by atoms with Crippen molar-refractivity contribution in [2.75, 3.05) is 25.1 Å². The van der Waals surface area contributed by atoms with Crippen LogP contribution in [0.2, 0.25) is 0 Å². The highest BCUT2D eigenvalue weighted by Gasteiger charge is 2.42. The van der Waals surface area contributed by atoms with E-state index in [1.54, 1.807) is 0 Å². The number of nitrogens with one attached hydrogen (secondary N) is 1. The molecule has 0 saturated heterocycles. The predicted octanol–water partition coefficient (Wildman–Crippen LogP) is 2.03. The molecule has 0 aromatic rings. The van der Waals surface area contributed by atoms with E-state index in [4.69, 9.17) is 10.9 Å². The van der Waals surface area contributed by atoms with Crippen LogP contribution in [0.15, 0.2) is 5.16 Å². The Morgan fingerprint density at radius 3 is 2.76 bits per heavy atom. The molecule has 0 unspecified atom stereocenters. The van der Waals surface area contributed by atoms with Gasteiger partial charge in [-0.05, 0) is 49.7 Å². The van der Waals surface area contributed by atoms with Gasteiger partial charge in [-0.2, -0.15) is 11.8 Å². The molecule has 4 N–H and O–H groups in total. The molecule has 4 nitrogen and oxygen atoms in total. The first-order chi connectivity index (χ1) is 8.22. The number of thioether (sulfide) groups is 1. The van der Waals surface area contributed by atoms with Crippen molar-refractivity contribution in [1.82, 2.24) is 5.32 Å². The molecule has 1 saturated carbocycles.